The average molecular weight is 726 g/mol. The van der Waals surface area contributed by atoms with Crippen LogP contribution in [0.25, 0.3) is 10.9 Å². The molecule has 0 saturated carbocycles. The fourth-order valence-corrected chi connectivity index (χ4v) is 6.64. The molecule has 1 saturated heterocycles. The van der Waals surface area contributed by atoms with Gasteiger partial charge in [0.15, 0.2) is 6.23 Å². The van der Waals surface area contributed by atoms with Crippen molar-refractivity contribution in [1.29, 1.82) is 0 Å². The van der Waals surface area contributed by atoms with Crippen molar-refractivity contribution in [3.05, 3.63) is 47.7 Å². The molecule has 1 aromatic heterocycles. The highest BCUT2D eigenvalue weighted by Gasteiger charge is 2.47. The van der Waals surface area contributed by atoms with Crippen molar-refractivity contribution >= 4 is 40.7 Å². The van der Waals surface area contributed by atoms with Gasteiger partial charge in [-0.1, -0.05) is 72.7 Å². The summed E-state index contributed by atoms with van der Waals surface area (Å²) in [6.07, 6.45) is 1.87. The number of hydroxylamine groups is 2. The van der Waals surface area contributed by atoms with E-state index in [0.29, 0.717) is 5.06 Å². The highest BCUT2D eigenvalue weighted by Crippen LogP contribution is 2.37. The van der Waals surface area contributed by atoms with Crippen LogP contribution in [0.2, 0.25) is 0 Å². The summed E-state index contributed by atoms with van der Waals surface area (Å²) in [6, 6.07) is 5.05. The predicted octanol–water partition coefficient (Wildman–Crippen LogP) is 5.05. The maximum Gasteiger partial charge on any atom is 0.410 e. The molecule has 3 rings (SSSR count). The molecule has 2 heterocycles. The van der Waals surface area contributed by atoms with Crippen molar-refractivity contribution in [2.24, 2.45) is 18.4 Å². The van der Waals surface area contributed by atoms with Gasteiger partial charge in [0.2, 0.25) is 11.8 Å². The van der Waals surface area contributed by atoms with Crippen molar-refractivity contribution in [1.82, 2.24) is 24.7 Å². The summed E-state index contributed by atoms with van der Waals surface area (Å²) >= 11 is 0. The van der Waals surface area contributed by atoms with Crippen LogP contribution in [0.5, 0.6) is 0 Å². The molecule has 1 fully saturated rings. The van der Waals surface area contributed by atoms with Gasteiger partial charge in [0.25, 0.3) is 5.91 Å². The largest absolute Gasteiger partial charge is 0.444 e. The second kappa shape index (κ2) is 15.7. The van der Waals surface area contributed by atoms with E-state index in [1.165, 1.54) is 23.8 Å². The van der Waals surface area contributed by atoms with Gasteiger partial charge in [0.1, 0.15) is 17.7 Å². The molecular formula is C39H59N5O8. The molecule has 0 aliphatic carbocycles. The van der Waals surface area contributed by atoms with Crippen LogP contribution in [-0.4, -0.2) is 98.4 Å². The highest BCUT2D eigenvalue weighted by atomic mass is 16.7. The maximum absolute atomic E-state index is 14.7. The number of rotatable bonds is 11. The lowest BCUT2D eigenvalue weighted by atomic mass is 9.76. The van der Waals surface area contributed by atoms with Crippen LogP contribution in [0.1, 0.15) is 94.6 Å². The Morgan fingerprint density at radius 2 is 1.60 bits per heavy atom. The lowest BCUT2D eigenvalue weighted by Gasteiger charge is -2.42. The maximum atomic E-state index is 14.7. The Bertz CT molecular complexity index is 1700. The van der Waals surface area contributed by atoms with Gasteiger partial charge in [-0.3, -0.25) is 19.3 Å². The molecule has 1 aliphatic heterocycles. The first kappa shape index (κ1) is 42.0. The second-order valence-electron chi connectivity index (χ2n) is 16.8. The quantitative estimate of drug-likeness (QED) is 0.306. The van der Waals surface area contributed by atoms with Crippen molar-refractivity contribution < 1.29 is 38.7 Å². The molecule has 52 heavy (non-hydrogen) atoms. The normalized spacial score (nSPS) is 17.5. The number of likely N-dealkylation sites (N-methyl/N-ethyl adjacent to an activating group) is 2. The van der Waals surface area contributed by atoms with E-state index >= 15 is 0 Å². The summed E-state index contributed by atoms with van der Waals surface area (Å²) < 4.78 is 7.71. The molecular weight excluding hydrogens is 666 g/mol. The van der Waals surface area contributed by atoms with Gasteiger partial charge >= 0.3 is 12.1 Å². The second-order valence-corrected chi connectivity index (χ2v) is 16.8. The van der Waals surface area contributed by atoms with Crippen LogP contribution in [0.4, 0.5) is 4.79 Å². The summed E-state index contributed by atoms with van der Waals surface area (Å²) in [4.78, 5) is 75.8. The Kier molecular flexibility index (Phi) is 12.7. The van der Waals surface area contributed by atoms with Gasteiger partial charge in [-0.25, -0.2) is 9.59 Å². The third kappa shape index (κ3) is 9.33. The number of nitrogens with zero attached hydrogens (tertiary/aromatic N) is 4. The summed E-state index contributed by atoms with van der Waals surface area (Å²) in [5.74, 6) is -2.46. The highest BCUT2D eigenvalue weighted by molar-refractivity contribution is 5.95. The number of carbonyl (C=O) groups excluding carboxylic acids is 5. The van der Waals surface area contributed by atoms with Gasteiger partial charge in [0, 0.05) is 62.1 Å². The number of aromatic nitrogens is 1. The lowest BCUT2D eigenvalue weighted by Crippen LogP contribution is -2.63. The van der Waals surface area contributed by atoms with Crippen LogP contribution < -0.4 is 5.32 Å². The van der Waals surface area contributed by atoms with Gasteiger partial charge in [-0.2, -0.15) is 0 Å². The van der Waals surface area contributed by atoms with Gasteiger partial charge < -0.3 is 29.5 Å². The van der Waals surface area contributed by atoms with Crippen LogP contribution in [0, 0.1) is 11.3 Å². The number of carbonyl (C=O) groups is 5. The molecule has 0 radical (unpaired) electrons. The molecule has 288 valence electrons. The Hall–Kier alpha value is -4.39. The van der Waals surface area contributed by atoms with Gasteiger partial charge in [-0.15, -0.1) is 5.06 Å². The summed E-state index contributed by atoms with van der Waals surface area (Å²) in [7, 11) is 5.06. The summed E-state index contributed by atoms with van der Waals surface area (Å²) in [5.41, 5.74) is -0.644. The van der Waals surface area contributed by atoms with E-state index in [2.05, 4.69) is 5.32 Å². The number of para-hydroxylation sites is 1. The number of hydrogen-bond donors (Lipinski definition) is 2. The van der Waals surface area contributed by atoms with Crippen molar-refractivity contribution in [3.8, 4) is 0 Å². The molecule has 1 aliphatic rings. The van der Waals surface area contributed by atoms with Crippen LogP contribution >= 0.6 is 0 Å². The molecule has 13 heteroatoms. The molecule has 13 nitrogen and oxygen atoms in total. The Morgan fingerprint density at radius 1 is 1.00 bits per heavy atom. The minimum atomic E-state index is -1.21. The van der Waals surface area contributed by atoms with E-state index in [1.54, 1.807) is 33.9 Å². The zero-order valence-corrected chi connectivity index (χ0v) is 33.4. The molecule has 1 unspecified atom stereocenters. The fourth-order valence-electron chi connectivity index (χ4n) is 6.64. The summed E-state index contributed by atoms with van der Waals surface area (Å²) in [5, 5.41) is 14.7. The zero-order chi connectivity index (χ0) is 39.7. The summed E-state index contributed by atoms with van der Waals surface area (Å²) in [6.45, 7) is 19.9. The number of nitrogens with one attached hydrogen (secondary N) is 1. The zero-order valence-electron chi connectivity index (χ0n) is 33.4. The minimum Gasteiger partial charge on any atom is -0.444 e. The molecule has 0 bridgehead atoms. The Balaban J connectivity index is 2.02. The van der Waals surface area contributed by atoms with Gasteiger partial charge in [0.05, 0.1) is 6.04 Å². The number of aryl methyl sites for hydroxylation is 1. The first-order chi connectivity index (χ1) is 23.8. The standard InChI is InChI=1S/C39H59N5O8/c1-23(2)28(21-24(3)35(49)52-44-29(45)19-20-30(44)46)42(13)34(48)31(37(4,5)6)40-33(47)32(43(14)36(50)51-38(7,8)9)39(10,11)26-22-41(12)27-18-16-15-17-25(26)27/h15-18,21-23,28-29,31-32,45H,19-20H2,1-14H3,(H,40,47)/b24-21+/t28-,29?,31-,32-/m1/s1. The fraction of sp³-hybridized carbons (Fsp3) is 0.615. The van der Waals surface area contributed by atoms with E-state index in [0.717, 1.165) is 16.5 Å². The van der Waals surface area contributed by atoms with Crippen LogP contribution in [0.3, 0.4) is 0 Å². The molecule has 1 aromatic carbocycles. The van der Waals surface area contributed by atoms with E-state index in [4.69, 9.17) is 9.57 Å². The van der Waals surface area contributed by atoms with Gasteiger partial charge in [-0.05, 0) is 50.7 Å². The number of aliphatic hydroxyl groups is 1. The third-order valence-electron chi connectivity index (χ3n) is 9.53. The first-order valence-electron chi connectivity index (χ1n) is 17.8. The Labute approximate surface area is 308 Å². The third-order valence-corrected chi connectivity index (χ3v) is 9.53. The Morgan fingerprint density at radius 3 is 2.12 bits per heavy atom. The monoisotopic (exact) mass is 725 g/mol. The molecule has 2 aromatic rings. The first-order valence-corrected chi connectivity index (χ1v) is 17.8. The predicted molar refractivity (Wildman–Crippen MR) is 198 cm³/mol. The SMILES string of the molecule is C/C(=C\[C@H](C(C)C)N(C)C(=O)[C@@H](NC(=O)[C@@H](N(C)C(=O)OC(C)(C)C)C(C)(C)c1cn(C)c2ccccc12)C(C)(C)C)C(=O)ON1C(=O)CCC1O. The van der Waals surface area contributed by atoms with E-state index in [9.17, 15) is 29.1 Å². The minimum absolute atomic E-state index is 0.0660. The molecule has 4 amide bonds. The lowest BCUT2D eigenvalue weighted by molar-refractivity contribution is -0.217. The van der Waals surface area contributed by atoms with Crippen molar-refractivity contribution in [2.45, 2.75) is 124 Å². The molecule has 4 atom stereocenters. The van der Waals surface area contributed by atoms with Crippen LogP contribution in [0.15, 0.2) is 42.1 Å². The smallest absolute Gasteiger partial charge is 0.410 e. The topological polar surface area (TPSA) is 151 Å². The number of aliphatic hydroxyl groups excluding tert-OH is 1. The van der Waals surface area contributed by atoms with Crippen molar-refractivity contribution in [2.75, 3.05) is 14.1 Å². The number of benzene rings is 1. The van der Waals surface area contributed by atoms with E-state index < -0.39 is 70.6 Å². The van der Waals surface area contributed by atoms with Crippen LogP contribution in [-0.2, 0) is 41.2 Å². The average Bonchev–Trinajstić information content (AvgIpc) is 3.54. The molecule has 0 spiro atoms. The number of ether oxygens (including phenoxy) is 1. The van der Waals surface area contributed by atoms with E-state index in [1.807, 2.05) is 90.5 Å². The number of amides is 4. The van der Waals surface area contributed by atoms with Crippen molar-refractivity contribution in [3.63, 3.8) is 0 Å². The number of fused-ring (bicyclic) bond motifs is 1. The molecule has 2 N–H and O–H groups in total. The number of hydrogen-bond acceptors (Lipinski definition) is 8. The van der Waals surface area contributed by atoms with E-state index in [-0.39, 0.29) is 24.3 Å².